The summed E-state index contributed by atoms with van der Waals surface area (Å²) < 4.78 is 43.0. The molecule has 2 aromatic carbocycles. The van der Waals surface area contributed by atoms with Crippen molar-refractivity contribution in [1.29, 1.82) is 0 Å². The van der Waals surface area contributed by atoms with Crippen LogP contribution >= 0.6 is 27.7 Å². The lowest BCUT2D eigenvalue weighted by Gasteiger charge is -2.21. The molecule has 2 heterocycles. The van der Waals surface area contributed by atoms with E-state index in [4.69, 9.17) is 23.7 Å². The van der Waals surface area contributed by atoms with Crippen molar-refractivity contribution in [2.45, 2.75) is 19.6 Å². The van der Waals surface area contributed by atoms with Crippen molar-refractivity contribution < 1.29 is 37.7 Å². The second-order valence-electron chi connectivity index (χ2n) is 8.83. The van der Waals surface area contributed by atoms with E-state index in [1.165, 1.54) is 32.6 Å². The van der Waals surface area contributed by atoms with E-state index in [2.05, 4.69) is 31.2 Å². The Labute approximate surface area is 254 Å². The standard InChI is InChI=1S/C28H28BrFN4O7S/c1-15(19-12-31-13-33-26(19)32-11-16-6-7-18(38-4)10-20(16)39-5)41-21-8-17(9-22-27(35)34(2)28(36)42-22)23(29)24(30)25(21)40-14-37-3/h6-10,12-13,15H,11,14H2,1-5H3,(H,31,32,33)/b22-9-. The van der Waals surface area contributed by atoms with Crippen LogP contribution in [0.5, 0.6) is 23.0 Å². The third-order valence-corrected chi connectivity index (χ3v) is 7.94. The van der Waals surface area contributed by atoms with Gasteiger partial charge in [0.05, 0.1) is 29.2 Å². The number of ether oxygens (including phenoxy) is 5. The lowest BCUT2D eigenvalue weighted by molar-refractivity contribution is -0.121. The van der Waals surface area contributed by atoms with Crippen LogP contribution in [0.1, 0.15) is 29.7 Å². The molecule has 2 amide bonds. The van der Waals surface area contributed by atoms with Gasteiger partial charge in [-0.3, -0.25) is 14.5 Å². The molecule has 11 nitrogen and oxygen atoms in total. The number of likely N-dealkylation sites (N-methyl/N-ethyl adjacent to an activating group) is 1. The molecule has 1 saturated heterocycles. The van der Waals surface area contributed by atoms with Gasteiger partial charge in [-0.2, -0.15) is 0 Å². The highest BCUT2D eigenvalue weighted by molar-refractivity contribution is 9.10. The Balaban J connectivity index is 1.64. The van der Waals surface area contributed by atoms with Crippen LogP contribution in [-0.2, 0) is 16.1 Å². The van der Waals surface area contributed by atoms with Gasteiger partial charge in [0.15, 0.2) is 18.4 Å². The minimum atomic E-state index is -0.770. The number of aromatic nitrogens is 2. The average Bonchev–Trinajstić information content (AvgIpc) is 3.24. The molecule has 42 heavy (non-hydrogen) atoms. The van der Waals surface area contributed by atoms with Crippen molar-refractivity contribution in [1.82, 2.24) is 14.9 Å². The van der Waals surface area contributed by atoms with Gasteiger partial charge >= 0.3 is 0 Å². The van der Waals surface area contributed by atoms with Crippen molar-refractivity contribution in [2.24, 2.45) is 0 Å². The van der Waals surface area contributed by atoms with Crippen molar-refractivity contribution >= 4 is 50.7 Å². The molecular formula is C28H28BrFN4O7S. The summed E-state index contributed by atoms with van der Waals surface area (Å²) in [4.78, 5) is 34.1. The van der Waals surface area contributed by atoms with Crippen LogP contribution in [0.2, 0.25) is 0 Å². The minimum Gasteiger partial charge on any atom is -0.497 e. The second kappa shape index (κ2) is 13.9. The quantitative estimate of drug-likeness (QED) is 0.187. The number of methoxy groups -OCH3 is 3. The summed E-state index contributed by atoms with van der Waals surface area (Å²) in [6, 6.07) is 7.00. The number of imide groups is 1. The summed E-state index contributed by atoms with van der Waals surface area (Å²) in [6.45, 7) is 1.88. The zero-order chi connectivity index (χ0) is 30.4. The van der Waals surface area contributed by atoms with Crippen LogP contribution in [0.3, 0.4) is 0 Å². The second-order valence-corrected chi connectivity index (χ2v) is 10.6. The van der Waals surface area contributed by atoms with Gasteiger partial charge in [-0.05, 0) is 64.5 Å². The summed E-state index contributed by atoms with van der Waals surface area (Å²) in [5, 5.41) is 2.85. The summed E-state index contributed by atoms with van der Waals surface area (Å²) in [5.74, 6) is 0.369. The van der Waals surface area contributed by atoms with Crippen LogP contribution in [0.15, 0.2) is 46.2 Å². The maximum atomic E-state index is 15.6. The number of rotatable bonds is 12. The minimum absolute atomic E-state index is 0.0235. The first kappa shape index (κ1) is 31.1. The molecule has 1 aromatic heterocycles. The van der Waals surface area contributed by atoms with Crippen molar-refractivity contribution in [2.75, 3.05) is 40.5 Å². The molecule has 0 saturated carbocycles. The summed E-state index contributed by atoms with van der Waals surface area (Å²) >= 11 is 4.00. The molecular weight excluding hydrogens is 635 g/mol. The Kier molecular flexibility index (Phi) is 10.2. The Morgan fingerprint density at radius 1 is 1.17 bits per heavy atom. The van der Waals surface area contributed by atoms with E-state index in [0.29, 0.717) is 29.4 Å². The van der Waals surface area contributed by atoms with E-state index in [-0.39, 0.29) is 33.2 Å². The van der Waals surface area contributed by atoms with Gasteiger partial charge < -0.3 is 29.0 Å². The average molecular weight is 664 g/mol. The monoisotopic (exact) mass is 662 g/mol. The Morgan fingerprint density at radius 2 is 1.95 bits per heavy atom. The number of carbonyl (C=O) groups is 2. The van der Waals surface area contributed by atoms with Crippen LogP contribution in [0.4, 0.5) is 15.0 Å². The predicted molar refractivity (Wildman–Crippen MR) is 158 cm³/mol. The number of thioether (sulfide) groups is 1. The van der Waals surface area contributed by atoms with E-state index >= 15 is 4.39 Å². The van der Waals surface area contributed by atoms with Gasteiger partial charge in [-0.1, -0.05) is 0 Å². The molecule has 0 aliphatic carbocycles. The summed E-state index contributed by atoms with van der Waals surface area (Å²) in [5.41, 5.74) is 1.72. The fraction of sp³-hybridized carbons (Fsp3) is 0.286. The molecule has 222 valence electrons. The van der Waals surface area contributed by atoms with Gasteiger partial charge in [0.2, 0.25) is 5.75 Å². The first-order valence-electron chi connectivity index (χ1n) is 12.4. The maximum absolute atomic E-state index is 15.6. The highest BCUT2D eigenvalue weighted by Crippen LogP contribution is 2.42. The molecule has 1 fully saturated rings. The number of nitrogens with zero attached hydrogens (tertiary/aromatic N) is 3. The molecule has 3 aromatic rings. The molecule has 1 aliphatic heterocycles. The number of nitrogens with one attached hydrogen (secondary N) is 1. The first-order chi connectivity index (χ1) is 20.2. The first-order valence-corrected chi connectivity index (χ1v) is 14.1. The van der Waals surface area contributed by atoms with E-state index in [0.717, 1.165) is 22.2 Å². The summed E-state index contributed by atoms with van der Waals surface area (Å²) in [7, 11) is 5.94. The van der Waals surface area contributed by atoms with E-state index < -0.39 is 23.1 Å². The van der Waals surface area contributed by atoms with Crippen molar-refractivity contribution in [3.8, 4) is 23.0 Å². The molecule has 14 heteroatoms. The topological polar surface area (TPSA) is 121 Å². The molecule has 1 aliphatic rings. The Bertz CT molecular complexity index is 1520. The van der Waals surface area contributed by atoms with Crippen molar-refractivity contribution in [3.05, 3.63) is 68.7 Å². The Hall–Kier alpha value is -3.88. The normalized spacial score (nSPS) is 14.7. The summed E-state index contributed by atoms with van der Waals surface area (Å²) in [6.07, 6.45) is 3.72. The largest absolute Gasteiger partial charge is 0.497 e. The fourth-order valence-electron chi connectivity index (χ4n) is 3.95. The number of halogens is 2. The van der Waals surface area contributed by atoms with E-state index in [1.54, 1.807) is 33.4 Å². The highest BCUT2D eigenvalue weighted by Gasteiger charge is 2.32. The van der Waals surface area contributed by atoms with Crippen LogP contribution in [0.25, 0.3) is 6.08 Å². The maximum Gasteiger partial charge on any atom is 0.293 e. The number of hydrogen-bond donors (Lipinski definition) is 1. The molecule has 4 rings (SSSR count). The van der Waals surface area contributed by atoms with Gasteiger partial charge in [-0.25, -0.2) is 14.4 Å². The molecule has 0 spiro atoms. The van der Waals surface area contributed by atoms with Gasteiger partial charge in [0, 0.05) is 38.5 Å². The highest BCUT2D eigenvalue weighted by atomic mass is 79.9. The van der Waals surface area contributed by atoms with Crippen LogP contribution in [0, 0.1) is 5.82 Å². The van der Waals surface area contributed by atoms with E-state index in [9.17, 15) is 9.59 Å². The third kappa shape index (κ3) is 6.77. The lowest BCUT2D eigenvalue weighted by atomic mass is 10.1. The zero-order valence-corrected chi connectivity index (χ0v) is 25.8. The molecule has 0 bridgehead atoms. The number of carbonyl (C=O) groups excluding carboxylic acids is 2. The third-order valence-electron chi connectivity index (χ3n) is 6.17. The Morgan fingerprint density at radius 3 is 2.62 bits per heavy atom. The van der Waals surface area contributed by atoms with Crippen LogP contribution in [-0.4, -0.2) is 61.2 Å². The van der Waals surface area contributed by atoms with Crippen LogP contribution < -0.4 is 24.3 Å². The van der Waals surface area contributed by atoms with Crippen molar-refractivity contribution in [3.63, 3.8) is 0 Å². The lowest BCUT2D eigenvalue weighted by Crippen LogP contribution is -2.22. The number of hydrogen-bond acceptors (Lipinski definition) is 11. The number of amides is 2. The number of anilines is 1. The van der Waals surface area contributed by atoms with Gasteiger partial charge in [0.25, 0.3) is 11.1 Å². The molecule has 0 radical (unpaired) electrons. The van der Waals surface area contributed by atoms with Gasteiger partial charge in [0.1, 0.15) is 29.7 Å². The predicted octanol–water partition coefficient (Wildman–Crippen LogP) is 5.80. The zero-order valence-electron chi connectivity index (χ0n) is 23.4. The SMILES string of the molecule is COCOc1c(OC(C)c2cncnc2NCc2ccc(OC)cc2OC)cc(/C=C2\SC(=O)N(C)C2=O)c(Br)c1F. The van der Waals surface area contributed by atoms with Gasteiger partial charge in [-0.15, -0.1) is 0 Å². The molecule has 1 N–H and O–H groups in total. The fourth-order valence-corrected chi connectivity index (χ4v) is 5.18. The molecule has 1 unspecified atom stereocenters. The van der Waals surface area contributed by atoms with E-state index in [1.807, 2.05) is 12.1 Å². The smallest absolute Gasteiger partial charge is 0.293 e. The molecule has 1 atom stereocenters. The number of benzene rings is 2.